The summed E-state index contributed by atoms with van der Waals surface area (Å²) in [6.45, 7) is 0.599. The van der Waals surface area contributed by atoms with E-state index in [4.69, 9.17) is 4.74 Å². The summed E-state index contributed by atoms with van der Waals surface area (Å²) in [5.74, 6) is -4.35. The van der Waals surface area contributed by atoms with Gasteiger partial charge in [0.15, 0.2) is 0 Å². The van der Waals surface area contributed by atoms with Crippen molar-refractivity contribution in [2.45, 2.75) is 50.8 Å². The van der Waals surface area contributed by atoms with Gasteiger partial charge >= 0.3 is 12.4 Å². The Morgan fingerprint density at radius 2 is 1.48 bits per heavy atom. The smallest absolute Gasteiger partial charge is 0.367 e. The van der Waals surface area contributed by atoms with Gasteiger partial charge in [0, 0.05) is 26.6 Å². The number of likely N-dealkylation sites (tertiary alicyclic amines) is 3. The third kappa shape index (κ3) is 5.91. The zero-order chi connectivity index (χ0) is 32.0. The van der Waals surface area contributed by atoms with Crippen LogP contribution in [0.1, 0.15) is 42.0 Å². The lowest BCUT2D eigenvalue weighted by molar-refractivity contribution is -0.150. The fourth-order valence-corrected chi connectivity index (χ4v) is 6.62. The molecule has 0 aliphatic carbocycles. The Morgan fingerprint density at radius 1 is 0.886 bits per heavy atom. The molecule has 3 aliphatic heterocycles. The van der Waals surface area contributed by atoms with Crippen molar-refractivity contribution in [2.75, 3.05) is 26.2 Å². The molecule has 1 spiro atoms. The van der Waals surface area contributed by atoms with E-state index in [2.05, 4.69) is 0 Å². The van der Waals surface area contributed by atoms with E-state index < -0.39 is 70.7 Å². The van der Waals surface area contributed by atoms with E-state index in [1.54, 1.807) is 4.90 Å². The van der Waals surface area contributed by atoms with Crippen molar-refractivity contribution in [1.82, 2.24) is 14.7 Å². The second kappa shape index (κ2) is 11.5. The highest BCUT2D eigenvalue weighted by atomic mass is 19.4. The van der Waals surface area contributed by atoms with Crippen LogP contribution in [0.15, 0.2) is 48.5 Å². The summed E-state index contributed by atoms with van der Waals surface area (Å²) in [5.41, 5.74) is -3.97. The fraction of sp³-hybridized carbons (Fsp3) is 0.467. The van der Waals surface area contributed by atoms with E-state index in [-0.39, 0.29) is 57.7 Å². The Bertz CT molecular complexity index is 1420. The minimum Gasteiger partial charge on any atom is -0.367 e. The van der Waals surface area contributed by atoms with Crippen molar-refractivity contribution in [1.29, 1.82) is 0 Å². The highest BCUT2D eigenvalue weighted by Gasteiger charge is 2.66. The largest absolute Gasteiger partial charge is 0.416 e. The highest BCUT2D eigenvalue weighted by Crippen LogP contribution is 2.50. The standard InChI is InChI=1S/C30H29F6N3O5/c1-18(40)37-9-7-28(8-10-37)25-23(15-39(28)24(41)17-44-16-19-5-3-2-4-6-19)26(42)38(27(25)43)14-20-11-21(29(31,32)33)13-22(12-20)30(34,35)36/h2-6,11-13,23,25H,7-10,14-17H2,1H3. The van der Waals surface area contributed by atoms with Crippen molar-refractivity contribution in [3.8, 4) is 0 Å². The minimum atomic E-state index is -5.09. The van der Waals surface area contributed by atoms with E-state index in [1.807, 2.05) is 30.3 Å². The topological polar surface area (TPSA) is 87.2 Å². The fourth-order valence-electron chi connectivity index (χ4n) is 6.62. The van der Waals surface area contributed by atoms with Crippen LogP contribution in [0.25, 0.3) is 0 Å². The van der Waals surface area contributed by atoms with Gasteiger partial charge in [-0.2, -0.15) is 26.3 Å². The van der Waals surface area contributed by atoms with Crippen molar-refractivity contribution < 1.29 is 50.3 Å². The van der Waals surface area contributed by atoms with Crippen molar-refractivity contribution >= 4 is 23.6 Å². The molecular formula is C30H29F6N3O5. The number of carbonyl (C=O) groups is 4. The molecule has 3 heterocycles. The maximum absolute atomic E-state index is 13.8. The van der Waals surface area contributed by atoms with Crippen LogP contribution in [0.4, 0.5) is 26.3 Å². The molecule has 44 heavy (non-hydrogen) atoms. The van der Waals surface area contributed by atoms with Gasteiger partial charge in [-0.3, -0.25) is 24.1 Å². The summed E-state index contributed by atoms with van der Waals surface area (Å²) in [5, 5.41) is 0. The van der Waals surface area contributed by atoms with Crippen molar-refractivity contribution in [3.63, 3.8) is 0 Å². The number of rotatable bonds is 6. The molecule has 0 bridgehead atoms. The molecule has 5 rings (SSSR count). The van der Waals surface area contributed by atoms with Crippen LogP contribution in [-0.4, -0.2) is 70.1 Å². The van der Waals surface area contributed by atoms with Crippen LogP contribution in [0.5, 0.6) is 0 Å². The summed E-state index contributed by atoms with van der Waals surface area (Å²) < 4.78 is 86.2. The first kappa shape index (κ1) is 31.5. The van der Waals surface area contributed by atoms with E-state index in [0.29, 0.717) is 17.0 Å². The van der Waals surface area contributed by atoms with Gasteiger partial charge in [-0.1, -0.05) is 30.3 Å². The molecule has 8 nitrogen and oxygen atoms in total. The van der Waals surface area contributed by atoms with Gasteiger partial charge in [-0.25, -0.2) is 0 Å². The maximum Gasteiger partial charge on any atom is 0.416 e. The van der Waals surface area contributed by atoms with E-state index in [1.165, 1.54) is 11.8 Å². The number of carbonyl (C=O) groups excluding carboxylic acids is 4. The summed E-state index contributed by atoms with van der Waals surface area (Å²) in [6, 6.07) is 10.0. The monoisotopic (exact) mass is 625 g/mol. The van der Waals surface area contributed by atoms with Crippen LogP contribution in [0, 0.1) is 11.8 Å². The first-order valence-corrected chi connectivity index (χ1v) is 13.9. The molecule has 3 aliphatic rings. The molecule has 4 amide bonds. The second-order valence-corrected chi connectivity index (χ2v) is 11.4. The van der Waals surface area contributed by atoms with Gasteiger partial charge in [0.1, 0.15) is 6.61 Å². The lowest BCUT2D eigenvalue weighted by Gasteiger charge is -2.47. The lowest BCUT2D eigenvalue weighted by atomic mass is 9.74. The molecular weight excluding hydrogens is 596 g/mol. The van der Waals surface area contributed by atoms with Gasteiger partial charge in [0.05, 0.1) is 41.7 Å². The van der Waals surface area contributed by atoms with Gasteiger partial charge in [0.2, 0.25) is 23.6 Å². The average molecular weight is 626 g/mol. The molecule has 14 heteroatoms. The number of hydrogen-bond acceptors (Lipinski definition) is 5. The number of benzene rings is 2. The summed E-state index contributed by atoms with van der Waals surface area (Å²) >= 11 is 0. The molecule has 0 N–H and O–H groups in total. The lowest BCUT2D eigenvalue weighted by Crippen LogP contribution is -2.60. The van der Waals surface area contributed by atoms with E-state index >= 15 is 0 Å². The van der Waals surface area contributed by atoms with E-state index in [9.17, 15) is 45.5 Å². The third-order valence-corrected chi connectivity index (χ3v) is 8.71. The Labute approximate surface area is 248 Å². The summed E-state index contributed by atoms with van der Waals surface area (Å²) in [6.07, 6.45) is -9.87. The predicted molar refractivity (Wildman–Crippen MR) is 141 cm³/mol. The quantitative estimate of drug-likeness (QED) is 0.354. The molecule has 3 saturated heterocycles. The molecule has 3 fully saturated rings. The maximum atomic E-state index is 13.8. The summed E-state index contributed by atoms with van der Waals surface area (Å²) in [4.78, 5) is 56.6. The Kier molecular flexibility index (Phi) is 8.25. The normalized spacial score (nSPS) is 21.8. The second-order valence-electron chi connectivity index (χ2n) is 11.4. The van der Waals surface area contributed by atoms with Crippen LogP contribution >= 0.6 is 0 Å². The molecule has 236 valence electrons. The van der Waals surface area contributed by atoms with Crippen molar-refractivity contribution in [3.05, 3.63) is 70.8 Å². The molecule has 0 saturated carbocycles. The number of alkyl halides is 6. The number of hydrogen-bond donors (Lipinski definition) is 0. The van der Waals surface area contributed by atoms with Gasteiger partial charge in [0.25, 0.3) is 0 Å². The molecule has 2 aromatic rings. The molecule has 2 atom stereocenters. The number of amides is 4. The van der Waals surface area contributed by atoms with Crippen LogP contribution in [0.2, 0.25) is 0 Å². The molecule has 0 aromatic heterocycles. The average Bonchev–Trinajstić information content (AvgIpc) is 3.40. The summed E-state index contributed by atoms with van der Waals surface area (Å²) in [7, 11) is 0. The van der Waals surface area contributed by atoms with Gasteiger partial charge in [-0.05, 0) is 42.2 Å². The number of halogens is 6. The Morgan fingerprint density at radius 3 is 2.02 bits per heavy atom. The minimum absolute atomic E-state index is 0.0208. The molecule has 2 unspecified atom stereocenters. The van der Waals surface area contributed by atoms with Crippen LogP contribution in [-0.2, 0) is 49.4 Å². The first-order valence-electron chi connectivity index (χ1n) is 13.9. The van der Waals surface area contributed by atoms with E-state index in [0.717, 1.165) is 5.56 Å². The number of imide groups is 1. The zero-order valence-corrected chi connectivity index (χ0v) is 23.6. The Balaban J connectivity index is 1.41. The number of nitrogens with zero attached hydrogens (tertiary/aromatic N) is 3. The van der Waals surface area contributed by atoms with Gasteiger partial charge < -0.3 is 14.5 Å². The molecule has 2 aromatic carbocycles. The van der Waals surface area contributed by atoms with Gasteiger partial charge in [-0.15, -0.1) is 0 Å². The number of piperidine rings is 1. The van der Waals surface area contributed by atoms with Crippen molar-refractivity contribution in [2.24, 2.45) is 11.8 Å². The zero-order valence-electron chi connectivity index (χ0n) is 23.6. The van der Waals surface area contributed by atoms with Crippen LogP contribution < -0.4 is 0 Å². The predicted octanol–water partition coefficient (Wildman–Crippen LogP) is 4.27. The molecule has 0 radical (unpaired) electrons. The first-order chi connectivity index (χ1) is 20.6. The highest BCUT2D eigenvalue weighted by molar-refractivity contribution is 6.07. The SMILES string of the molecule is CC(=O)N1CCC2(CC1)C1C(=O)N(Cc3cc(C(F)(F)F)cc(C(F)(F)F)c3)C(=O)C1CN2C(=O)COCc1ccccc1. The Hall–Kier alpha value is -3.94. The number of ether oxygens (including phenoxy) is 1. The van der Waals surface area contributed by atoms with Crippen LogP contribution in [0.3, 0.4) is 0 Å². The number of fused-ring (bicyclic) bond motifs is 2. The third-order valence-electron chi connectivity index (χ3n) is 8.71.